The van der Waals surface area contributed by atoms with Gasteiger partial charge in [0, 0.05) is 23.1 Å². The lowest BCUT2D eigenvalue weighted by molar-refractivity contribution is 0.0600. The third-order valence-electron chi connectivity index (χ3n) is 4.14. The number of ether oxygens (including phenoxy) is 1. The molecular weight excluding hydrogens is 442 g/mol. The zero-order chi connectivity index (χ0) is 20.3. The largest absolute Gasteiger partial charge is 0.465 e. The fraction of sp³-hybridized carbons (Fsp3) is 0.250. The smallest absolute Gasteiger partial charge is 0.337 e. The Bertz CT molecular complexity index is 1000. The van der Waals surface area contributed by atoms with Crippen molar-refractivity contribution in [1.29, 1.82) is 0 Å². The number of carbonyl (C=O) groups is 2. The predicted octanol–water partition coefficient (Wildman–Crippen LogP) is 4.05. The Balaban J connectivity index is 1.93. The number of nitrogens with zero attached hydrogens (tertiary/aromatic N) is 3. The third kappa shape index (κ3) is 4.57. The van der Waals surface area contributed by atoms with E-state index >= 15 is 0 Å². The Hall–Kier alpha value is -2.29. The molecule has 2 aromatic carbocycles. The predicted molar refractivity (Wildman–Crippen MR) is 115 cm³/mol. The van der Waals surface area contributed by atoms with E-state index in [9.17, 15) is 9.59 Å². The summed E-state index contributed by atoms with van der Waals surface area (Å²) >= 11 is 4.95. The molecule has 3 rings (SSSR count). The van der Waals surface area contributed by atoms with Gasteiger partial charge in [-0.1, -0.05) is 27.3 Å². The first-order chi connectivity index (χ1) is 13.4. The van der Waals surface area contributed by atoms with Crippen LogP contribution in [0.2, 0.25) is 0 Å². The van der Waals surface area contributed by atoms with Crippen molar-refractivity contribution in [3.8, 4) is 0 Å². The number of hydrogen-bond donors (Lipinski definition) is 0. The van der Waals surface area contributed by atoms with E-state index in [4.69, 9.17) is 4.74 Å². The number of likely N-dealkylation sites (N-methyl/N-ethyl adjacent to an activating group) is 1. The van der Waals surface area contributed by atoms with Gasteiger partial charge in [0.15, 0.2) is 5.13 Å². The second-order valence-electron chi connectivity index (χ2n) is 6.44. The number of methoxy groups -OCH3 is 1. The van der Waals surface area contributed by atoms with Gasteiger partial charge in [0.25, 0.3) is 5.91 Å². The maximum Gasteiger partial charge on any atom is 0.337 e. The molecule has 0 aliphatic carbocycles. The highest BCUT2D eigenvalue weighted by atomic mass is 79.9. The molecule has 3 aromatic rings. The standard InChI is InChI=1S/C20H20BrN3O3S/c1-23(2)10-11-24(20-22-16-9-8-15(21)12-17(16)28-20)18(25)13-4-6-14(7-5-13)19(26)27-3/h4-9,12H,10-11H2,1-3H3. The van der Waals surface area contributed by atoms with Crippen LogP contribution in [0.25, 0.3) is 10.2 Å². The maximum absolute atomic E-state index is 13.2. The molecule has 0 N–H and O–H groups in total. The summed E-state index contributed by atoms with van der Waals surface area (Å²) in [6.07, 6.45) is 0. The highest BCUT2D eigenvalue weighted by Gasteiger charge is 2.22. The summed E-state index contributed by atoms with van der Waals surface area (Å²) in [6.45, 7) is 1.21. The van der Waals surface area contributed by atoms with Gasteiger partial charge in [-0.25, -0.2) is 9.78 Å². The molecule has 1 amide bonds. The van der Waals surface area contributed by atoms with Crippen molar-refractivity contribution < 1.29 is 14.3 Å². The second-order valence-corrected chi connectivity index (χ2v) is 8.36. The second kappa shape index (κ2) is 8.81. The molecule has 0 bridgehead atoms. The molecule has 1 heterocycles. The first-order valence-electron chi connectivity index (χ1n) is 8.60. The summed E-state index contributed by atoms with van der Waals surface area (Å²) in [6, 6.07) is 12.3. The van der Waals surface area contributed by atoms with Gasteiger partial charge in [-0.3, -0.25) is 9.69 Å². The van der Waals surface area contributed by atoms with E-state index in [2.05, 4.69) is 20.9 Å². The van der Waals surface area contributed by atoms with Gasteiger partial charge >= 0.3 is 5.97 Å². The van der Waals surface area contributed by atoms with Crippen LogP contribution in [0.3, 0.4) is 0 Å². The summed E-state index contributed by atoms with van der Waals surface area (Å²) in [4.78, 5) is 33.2. The van der Waals surface area contributed by atoms with E-state index in [-0.39, 0.29) is 5.91 Å². The van der Waals surface area contributed by atoms with Crippen LogP contribution in [0.15, 0.2) is 46.9 Å². The van der Waals surface area contributed by atoms with Gasteiger partial charge in [-0.05, 0) is 56.6 Å². The molecule has 0 aliphatic heterocycles. The maximum atomic E-state index is 13.2. The first kappa shape index (κ1) is 20.4. The van der Waals surface area contributed by atoms with Gasteiger partial charge in [-0.2, -0.15) is 0 Å². The summed E-state index contributed by atoms with van der Waals surface area (Å²) in [5.74, 6) is -0.586. The Morgan fingerprint density at radius 3 is 2.39 bits per heavy atom. The Morgan fingerprint density at radius 2 is 1.75 bits per heavy atom. The van der Waals surface area contributed by atoms with E-state index in [1.807, 2.05) is 37.2 Å². The number of anilines is 1. The van der Waals surface area contributed by atoms with Gasteiger partial charge in [-0.15, -0.1) is 0 Å². The molecular formula is C20H20BrN3O3S. The number of esters is 1. The highest BCUT2D eigenvalue weighted by Crippen LogP contribution is 2.31. The number of amides is 1. The lowest BCUT2D eigenvalue weighted by Gasteiger charge is -2.22. The minimum Gasteiger partial charge on any atom is -0.465 e. The molecule has 0 radical (unpaired) electrons. The van der Waals surface area contributed by atoms with Crippen molar-refractivity contribution in [2.75, 3.05) is 39.2 Å². The first-order valence-corrected chi connectivity index (χ1v) is 10.2. The van der Waals surface area contributed by atoms with Crippen LogP contribution in [0.4, 0.5) is 5.13 Å². The molecule has 0 fully saturated rings. The highest BCUT2D eigenvalue weighted by molar-refractivity contribution is 9.10. The van der Waals surface area contributed by atoms with Crippen LogP contribution in [-0.4, -0.2) is 56.1 Å². The lowest BCUT2D eigenvalue weighted by atomic mass is 10.1. The summed E-state index contributed by atoms with van der Waals surface area (Å²) in [5.41, 5.74) is 1.75. The van der Waals surface area contributed by atoms with Crippen molar-refractivity contribution >= 4 is 54.5 Å². The molecule has 6 nitrogen and oxygen atoms in total. The Labute approximate surface area is 175 Å². The molecule has 0 saturated heterocycles. The molecule has 0 atom stereocenters. The number of hydrogen-bond acceptors (Lipinski definition) is 6. The third-order valence-corrected chi connectivity index (χ3v) is 5.67. The molecule has 0 aliphatic rings. The number of aromatic nitrogens is 1. The van der Waals surface area contributed by atoms with E-state index < -0.39 is 5.97 Å². The fourth-order valence-electron chi connectivity index (χ4n) is 2.61. The molecule has 0 unspecified atom stereocenters. The Morgan fingerprint density at radius 1 is 1.07 bits per heavy atom. The molecule has 1 aromatic heterocycles. The van der Waals surface area contributed by atoms with Crippen LogP contribution in [0, 0.1) is 0 Å². The summed E-state index contributed by atoms with van der Waals surface area (Å²) in [5, 5.41) is 0.650. The van der Waals surface area contributed by atoms with Crippen LogP contribution < -0.4 is 4.90 Å². The molecule has 8 heteroatoms. The zero-order valence-corrected chi connectivity index (χ0v) is 18.2. The molecule has 0 saturated carbocycles. The SMILES string of the molecule is COC(=O)c1ccc(C(=O)N(CCN(C)C)c2nc3ccc(Br)cc3s2)cc1. The zero-order valence-electron chi connectivity index (χ0n) is 15.8. The fourth-order valence-corrected chi connectivity index (χ4v) is 4.15. The van der Waals surface area contributed by atoms with Crippen molar-refractivity contribution in [2.45, 2.75) is 0 Å². The topological polar surface area (TPSA) is 62.7 Å². The van der Waals surface area contributed by atoms with Crippen molar-refractivity contribution in [1.82, 2.24) is 9.88 Å². The number of carbonyl (C=O) groups excluding carboxylic acids is 2. The van der Waals surface area contributed by atoms with E-state index in [1.165, 1.54) is 18.4 Å². The molecule has 146 valence electrons. The van der Waals surface area contributed by atoms with Crippen molar-refractivity contribution in [2.24, 2.45) is 0 Å². The van der Waals surface area contributed by atoms with E-state index in [0.717, 1.165) is 14.7 Å². The number of fused-ring (bicyclic) bond motifs is 1. The van der Waals surface area contributed by atoms with Crippen molar-refractivity contribution in [3.63, 3.8) is 0 Å². The minimum absolute atomic E-state index is 0.156. The van der Waals surface area contributed by atoms with Crippen LogP contribution >= 0.6 is 27.3 Å². The normalized spacial score (nSPS) is 11.0. The quantitative estimate of drug-likeness (QED) is 0.518. The average Bonchev–Trinajstić information content (AvgIpc) is 3.10. The number of benzene rings is 2. The Kier molecular flexibility index (Phi) is 6.43. The van der Waals surface area contributed by atoms with E-state index in [1.54, 1.807) is 29.2 Å². The van der Waals surface area contributed by atoms with Crippen LogP contribution in [0.5, 0.6) is 0 Å². The van der Waals surface area contributed by atoms with Gasteiger partial charge in [0.05, 0.1) is 22.9 Å². The lowest BCUT2D eigenvalue weighted by Crippen LogP contribution is -2.36. The molecule has 0 spiro atoms. The number of thiazole rings is 1. The number of halogens is 1. The van der Waals surface area contributed by atoms with Gasteiger partial charge in [0.2, 0.25) is 0 Å². The monoisotopic (exact) mass is 461 g/mol. The van der Waals surface area contributed by atoms with E-state index in [0.29, 0.717) is 29.3 Å². The van der Waals surface area contributed by atoms with Crippen LogP contribution in [0.1, 0.15) is 20.7 Å². The van der Waals surface area contributed by atoms with Crippen molar-refractivity contribution in [3.05, 3.63) is 58.1 Å². The minimum atomic E-state index is -0.430. The summed E-state index contributed by atoms with van der Waals surface area (Å²) < 4.78 is 6.69. The van der Waals surface area contributed by atoms with Crippen LogP contribution in [-0.2, 0) is 4.74 Å². The van der Waals surface area contributed by atoms with Gasteiger partial charge in [0.1, 0.15) is 0 Å². The van der Waals surface area contributed by atoms with Gasteiger partial charge < -0.3 is 9.64 Å². The average molecular weight is 462 g/mol. The summed E-state index contributed by atoms with van der Waals surface area (Å²) in [7, 11) is 5.25. The number of rotatable bonds is 6. The molecule has 28 heavy (non-hydrogen) atoms.